The molecule has 0 aliphatic carbocycles. The van der Waals surface area contributed by atoms with Crippen molar-refractivity contribution < 1.29 is 26.0 Å². The Kier molecular flexibility index (Phi) is 5.97. The van der Waals surface area contributed by atoms with Gasteiger partial charge in [-0.3, -0.25) is 0 Å². The van der Waals surface area contributed by atoms with Gasteiger partial charge in [-0.15, -0.1) is 0 Å². The summed E-state index contributed by atoms with van der Waals surface area (Å²) in [5.74, 6) is 2.20. The van der Waals surface area contributed by atoms with Crippen LogP contribution in [0, 0.1) is 0 Å². The number of allylic oxidation sites excluding steroid dienone is 1. The Morgan fingerprint density at radius 2 is 1.85 bits per heavy atom. The maximum absolute atomic E-state index is 6.26. The van der Waals surface area contributed by atoms with Crippen molar-refractivity contribution in [3.05, 3.63) is 103 Å². The monoisotopic (exact) mass is 422 g/mol. The van der Waals surface area contributed by atoms with Crippen molar-refractivity contribution in [2.24, 2.45) is 0 Å². The molecule has 4 heteroatoms. The molecular weight excluding hydrogens is 400 g/mol. The molecule has 0 N–H and O–H groups in total. The van der Waals surface area contributed by atoms with Crippen molar-refractivity contribution in [2.45, 2.75) is 25.9 Å². The van der Waals surface area contributed by atoms with E-state index in [2.05, 4.69) is 71.4 Å². The Bertz CT molecular complexity index is 1000. The predicted molar refractivity (Wildman–Crippen MR) is 104 cm³/mol. The van der Waals surface area contributed by atoms with Gasteiger partial charge in [0.25, 0.3) is 5.82 Å². The van der Waals surface area contributed by atoms with E-state index in [1.807, 2.05) is 30.3 Å². The molecule has 138 valence electrons. The average Bonchev–Trinajstić information content (AvgIpc) is 3.27. The molecule has 0 aliphatic heterocycles. The maximum Gasteiger partial charge on any atom is 0.257 e. The van der Waals surface area contributed by atoms with Crippen molar-refractivity contribution >= 4 is 11.0 Å². The van der Waals surface area contributed by atoms with Gasteiger partial charge in [-0.25, -0.2) is 9.13 Å². The molecule has 1 unspecified atom stereocenters. The van der Waals surface area contributed by atoms with E-state index >= 15 is 0 Å². The SMILES string of the molecule is C=CC[n+]1ccn(C(c2ccccc2)c2cc3ccccc3o2)c1CC.[Br-]. The summed E-state index contributed by atoms with van der Waals surface area (Å²) >= 11 is 0. The van der Waals surface area contributed by atoms with Gasteiger partial charge in [0.15, 0.2) is 11.8 Å². The minimum Gasteiger partial charge on any atom is -1.00 e. The van der Waals surface area contributed by atoms with Crippen molar-refractivity contribution in [1.82, 2.24) is 4.57 Å². The highest BCUT2D eigenvalue weighted by Gasteiger charge is 2.29. The molecule has 0 bridgehead atoms. The van der Waals surface area contributed by atoms with Gasteiger partial charge in [-0.2, -0.15) is 0 Å². The lowest BCUT2D eigenvalue weighted by Crippen LogP contribution is -3.00. The molecule has 0 saturated heterocycles. The molecular formula is C23H23BrN2O. The van der Waals surface area contributed by atoms with Gasteiger partial charge in [-0.1, -0.05) is 68.1 Å². The molecule has 2 aromatic heterocycles. The normalized spacial score (nSPS) is 11.9. The van der Waals surface area contributed by atoms with Gasteiger partial charge in [0.2, 0.25) is 0 Å². The molecule has 0 amide bonds. The number of fused-ring (bicyclic) bond motifs is 1. The summed E-state index contributed by atoms with van der Waals surface area (Å²) in [6.07, 6.45) is 7.14. The topological polar surface area (TPSA) is 21.9 Å². The first-order chi connectivity index (χ1) is 12.8. The first-order valence-electron chi connectivity index (χ1n) is 9.05. The molecule has 0 aliphatic rings. The molecule has 1 atom stereocenters. The molecule has 4 aromatic rings. The summed E-state index contributed by atoms with van der Waals surface area (Å²) in [6, 6.07) is 20.9. The number of aromatic nitrogens is 2. The van der Waals surface area contributed by atoms with Crippen LogP contribution in [-0.4, -0.2) is 4.57 Å². The highest BCUT2D eigenvalue weighted by molar-refractivity contribution is 5.78. The number of hydrogen-bond donors (Lipinski definition) is 0. The number of imidazole rings is 1. The lowest BCUT2D eigenvalue weighted by molar-refractivity contribution is -0.693. The van der Waals surface area contributed by atoms with Crippen LogP contribution in [0.4, 0.5) is 0 Å². The first kappa shape index (κ1) is 19.2. The summed E-state index contributed by atoms with van der Waals surface area (Å²) in [4.78, 5) is 0. The fourth-order valence-corrected chi connectivity index (χ4v) is 3.63. The van der Waals surface area contributed by atoms with Crippen molar-refractivity contribution in [3.63, 3.8) is 0 Å². The Hall–Kier alpha value is -2.59. The van der Waals surface area contributed by atoms with E-state index in [0.717, 1.165) is 29.7 Å². The zero-order chi connectivity index (χ0) is 17.9. The predicted octanol–water partition coefficient (Wildman–Crippen LogP) is 1.91. The second kappa shape index (κ2) is 8.40. The van der Waals surface area contributed by atoms with E-state index in [9.17, 15) is 0 Å². The van der Waals surface area contributed by atoms with Crippen LogP contribution in [0.3, 0.4) is 0 Å². The first-order valence-corrected chi connectivity index (χ1v) is 9.05. The number of halogens is 1. The number of nitrogens with zero attached hydrogens (tertiary/aromatic N) is 2. The van der Waals surface area contributed by atoms with Gasteiger partial charge in [0, 0.05) is 17.4 Å². The number of furan rings is 1. The molecule has 2 heterocycles. The minimum absolute atomic E-state index is 0. The molecule has 0 fully saturated rings. The highest BCUT2D eigenvalue weighted by Crippen LogP contribution is 2.32. The average molecular weight is 423 g/mol. The lowest BCUT2D eigenvalue weighted by Gasteiger charge is -2.14. The smallest absolute Gasteiger partial charge is 0.257 e. The van der Waals surface area contributed by atoms with Crippen LogP contribution in [0.1, 0.15) is 30.1 Å². The maximum atomic E-state index is 6.26. The third kappa shape index (κ3) is 3.62. The molecule has 0 radical (unpaired) electrons. The van der Waals surface area contributed by atoms with Crippen molar-refractivity contribution in [1.29, 1.82) is 0 Å². The van der Waals surface area contributed by atoms with E-state index < -0.39 is 0 Å². The van der Waals surface area contributed by atoms with Crippen LogP contribution in [0.2, 0.25) is 0 Å². The second-order valence-electron chi connectivity index (χ2n) is 6.42. The Morgan fingerprint density at radius 1 is 1.11 bits per heavy atom. The standard InChI is InChI=1S/C23H23N2O.BrH/c1-3-14-24-15-16-25(22(24)4-2)23(18-10-6-5-7-11-18)21-17-19-12-8-9-13-20(19)26-21;/h3,5-13,15-17,23H,1,4,14H2,2H3;1H/q+1;/p-1. The van der Waals surface area contributed by atoms with Crippen molar-refractivity contribution in [3.8, 4) is 0 Å². The van der Waals surface area contributed by atoms with E-state index in [-0.39, 0.29) is 23.0 Å². The summed E-state index contributed by atoms with van der Waals surface area (Å²) in [7, 11) is 0. The second-order valence-corrected chi connectivity index (χ2v) is 6.42. The minimum atomic E-state index is 0. The third-order valence-corrected chi connectivity index (χ3v) is 4.79. The molecule has 0 spiro atoms. The quantitative estimate of drug-likeness (QED) is 0.343. The third-order valence-electron chi connectivity index (χ3n) is 4.79. The number of hydrogen-bond acceptors (Lipinski definition) is 1. The summed E-state index contributed by atoms with van der Waals surface area (Å²) in [6.45, 7) is 6.87. The molecule has 2 aromatic carbocycles. The van der Waals surface area contributed by atoms with Crippen LogP contribution >= 0.6 is 0 Å². The Morgan fingerprint density at radius 3 is 2.56 bits per heavy atom. The zero-order valence-corrected chi connectivity index (χ0v) is 17.0. The number of benzene rings is 2. The summed E-state index contributed by atoms with van der Waals surface area (Å²) in [5, 5.41) is 1.13. The fourth-order valence-electron chi connectivity index (χ4n) is 3.63. The Labute approximate surface area is 170 Å². The lowest BCUT2D eigenvalue weighted by atomic mass is 10.0. The molecule has 3 nitrogen and oxygen atoms in total. The largest absolute Gasteiger partial charge is 1.00 e. The molecule has 0 saturated carbocycles. The summed E-state index contributed by atoms with van der Waals surface area (Å²) in [5.41, 5.74) is 2.13. The number of para-hydroxylation sites is 1. The van der Waals surface area contributed by atoms with Gasteiger partial charge in [0.05, 0.1) is 0 Å². The van der Waals surface area contributed by atoms with Gasteiger partial charge >= 0.3 is 0 Å². The van der Waals surface area contributed by atoms with Gasteiger partial charge < -0.3 is 21.4 Å². The van der Waals surface area contributed by atoms with Crippen LogP contribution in [-0.2, 0) is 13.0 Å². The summed E-state index contributed by atoms with van der Waals surface area (Å²) < 4.78 is 10.8. The van der Waals surface area contributed by atoms with Crippen LogP contribution < -0.4 is 21.5 Å². The fraction of sp³-hybridized carbons (Fsp3) is 0.174. The van der Waals surface area contributed by atoms with E-state index in [1.165, 1.54) is 11.4 Å². The van der Waals surface area contributed by atoms with Gasteiger partial charge in [-0.05, 0) is 12.1 Å². The zero-order valence-electron chi connectivity index (χ0n) is 15.4. The van der Waals surface area contributed by atoms with Gasteiger partial charge in [0.1, 0.15) is 24.5 Å². The van der Waals surface area contributed by atoms with Crippen LogP contribution in [0.25, 0.3) is 11.0 Å². The van der Waals surface area contributed by atoms with E-state index in [0.29, 0.717) is 0 Å². The highest BCUT2D eigenvalue weighted by atomic mass is 79.9. The number of rotatable bonds is 6. The molecule has 4 rings (SSSR count). The molecule has 27 heavy (non-hydrogen) atoms. The van der Waals surface area contributed by atoms with E-state index in [1.54, 1.807) is 0 Å². The van der Waals surface area contributed by atoms with Crippen LogP contribution in [0.5, 0.6) is 0 Å². The van der Waals surface area contributed by atoms with Crippen molar-refractivity contribution in [2.75, 3.05) is 0 Å². The van der Waals surface area contributed by atoms with Crippen LogP contribution in [0.15, 0.2) is 90.1 Å². The Balaban J connectivity index is 0.00000210. The van der Waals surface area contributed by atoms with E-state index in [4.69, 9.17) is 4.42 Å².